The fraction of sp³-hybridized carbons (Fsp3) is 0. The number of hydrogen-bond donors (Lipinski definition) is 0. The van der Waals surface area contributed by atoms with Gasteiger partial charge in [0, 0.05) is 38.5 Å². The highest BCUT2D eigenvalue weighted by Gasteiger charge is 2.22. The van der Waals surface area contributed by atoms with E-state index < -0.39 is 0 Å². The van der Waals surface area contributed by atoms with Crippen LogP contribution in [0.2, 0.25) is 0 Å². The highest BCUT2D eigenvalue weighted by atomic mass is 32.1. The maximum absolute atomic E-state index is 6.34. The van der Waals surface area contributed by atoms with E-state index in [1.807, 2.05) is 30.3 Å². The van der Waals surface area contributed by atoms with E-state index in [1.54, 1.807) is 11.3 Å². The van der Waals surface area contributed by atoms with Crippen molar-refractivity contribution in [2.75, 3.05) is 4.90 Å². The zero-order valence-electron chi connectivity index (χ0n) is 30.8. The van der Waals surface area contributed by atoms with Gasteiger partial charge in [-0.25, -0.2) is 4.98 Å². The first-order valence-corrected chi connectivity index (χ1v) is 20.0. The van der Waals surface area contributed by atoms with Gasteiger partial charge in [0.2, 0.25) is 5.89 Å². The molecule has 0 bridgehead atoms. The smallest absolute Gasteiger partial charge is 0.227 e. The molecule has 0 N–H and O–H groups in total. The van der Waals surface area contributed by atoms with E-state index >= 15 is 0 Å². The topological polar surface area (TPSA) is 29.3 Å². The second kappa shape index (κ2) is 13.8. The fourth-order valence-corrected chi connectivity index (χ4v) is 9.38. The lowest BCUT2D eigenvalue weighted by molar-refractivity contribution is 0.620. The number of aromatic nitrogens is 1. The Bertz CT molecular complexity index is 3220. The molecular formula is C53H34N2OS. The van der Waals surface area contributed by atoms with Crippen LogP contribution in [0.4, 0.5) is 17.1 Å². The van der Waals surface area contributed by atoms with Crippen LogP contribution in [0.1, 0.15) is 0 Å². The molecule has 0 aliphatic rings. The quantitative estimate of drug-likeness (QED) is 0.163. The van der Waals surface area contributed by atoms with E-state index in [0.29, 0.717) is 5.89 Å². The Kier molecular flexibility index (Phi) is 8.01. The molecule has 0 amide bonds. The predicted molar refractivity (Wildman–Crippen MR) is 241 cm³/mol. The molecule has 57 heavy (non-hydrogen) atoms. The predicted octanol–water partition coefficient (Wildman–Crippen LogP) is 15.5. The van der Waals surface area contributed by atoms with Crippen molar-refractivity contribution in [1.82, 2.24) is 4.98 Å². The van der Waals surface area contributed by atoms with E-state index in [1.165, 1.54) is 59.6 Å². The first-order valence-electron chi connectivity index (χ1n) is 19.2. The van der Waals surface area contributed by atoms with Crippen LogP contribution in [0, 0.1) is 0 Å². The van der Waals surface area contributed by atoms with Crippen LogP contribution in [0.15, 0.2) is 211 Å². The molecule has 11 aromatic rings. The molecule has 9 aromatic carbocycles. The molecule has 2 heterocycles. The minimum Gasteiger partial charge on any atom is -0.436 e. The Morgan fingerprint density at radius 2 is 1.05 bits per heavy atom. The van der Waals surface area contributed by atoms with Gasteiger partial charge in [0.1, 0.15) is 5.52 Å². The summed E-state index contributed by atoms with van der Waals surface area (Å²) in [7, 11) is 0. The summed E-state index contributed by atoms with van der Waals surface area (Å²) in [5.74, 6) is 0.638. The number of benzene rings is 9. The van der Waals surface area contributed by atoms with Crippen molar-refractivity contribution in [3.05, 3.63) is 206 Å². The van der Waals surface area contributed by atoms with Crippen molar-refractivity contribution in [1.29, 1.82) is 0 Å². The van der Waals surface area contributed by atoms with Crippen LogP contribution in [-0.2, 0) is 0 Å². The Balaban J connectivity index is 1.12. The number of hydrogen-bond acceptors (Lipinski definition) is 4. The van der Waals surface area contributed by atoms with Gasteiger partial charge in [-0.15, -0.1) is 11.3 Å². The second-order valence-corrected chi connectivity index (χ2v) is 15.4. The Morgan fingerprint density at radius 1 is 0.421 bits per heavy atom. The van der Waals surface area contributed by atoms with Gasteiger partial charge in [-0.2, -0.15) is 0 Å². The summed E-state index contributed by atoms with van der Waals surface area (Å²) < 4.78 is 8.70. The molecule has 4 heteroatoms. The number of anilines is 3. The lowest BCUT2D eigenvalue weighted by Gasteiger charge is -2.27. The SMILES string of the molecule is c1ccc(-c2ccc(N(c3ccc(-c4cccc5ccccc45)c(-c4ccccc4)c3)c3cccc4c3sc3cc5oc(-c6ccccc6)nc5cc34)cc2)cc1. The summed E-state index contributed by atoms with van der Waals surface area (Å²) in [5.41, 5.74) is 13.1. The van der Waals surface area contributed by atoms with E-state index in [4.69, 9.17) is 9.40 Å². The first-order chi connectivity index (χ1) is 28.2. The molecule has 11 rings (SSSR count). The Morgan fingerprint density at radius 3 is 1.84 bits per heavy atom. The molecule has 3 nitrogen and oxygen atoms in total. The summed E-state index contributed by atoms with van der Waals surface area (Å²) in [6, 6.07) is 73.6. The zero-order valence-corrected chi connectivity index (χ0v) is 31.7. The van der Waals surface area contributed by atoms with Crippen molar-refractivity contribution < 1.29 is 4.42 Å². The van der Waals surface area contributed by atoms with Gasteiger partial charge in [0.25, 0.3) is 0 Å². The number of fused-ring (bicyclic) bond motifs is 5. The van der Waals surface area contributed by atoms with Crippen molar-refractivity contribution in [3.8, 4) is 44.8 Å². The van der Waals surface area contributed by atoms with Gasteiger partial charge < -0.3 is 9.32 Å². The van der Waals surface area contributed by atoms with Gasteiger partial charge >= 0.3 is 0 Å². The van der Waals surface area contributed by atoms with Crippen LogP contribution < -0.4 is 4.90 Å². The molecule has 268 valence electrons. The molecule has 0 fully saturated rings. The van der Waals surface area contributed by atoms with E-state index in [2.05, 4.69) is 181 Å². The van der Waals surface area contributed by atoms with Crippen LogP contribution in [-0.4, -0.2) is 4.98 Å². The molecule has 2 aromatic heterocycles. The average molecular weight is 747 g/mol. The Hall–Kier alpha value is -7.27. The summed E-state index contributed by atoms with van der Waals surface area (Å²) >= 11 is 1.80. The van der Waals surface area contributed by atoms with Crippen molar-refractivity contribution >= 4 is 70.4 Å². The number of thiophene rings is 1. The standard InChI is InChI=1S/C53H34N2OS/c1-4-14-35(15-5-1)36-26-28-40(29-27-36)55(41-30-31-44(46(32-41)38-16-6-2-7-17-38)43-23-12-21-37-18-10-11-22-42(37)43)49-25-13-24-45-47-33-48-50(34-51(47)57-52(45)49)56-53(54-48)39-19-8-3-9-20-39/h1-34H. The summed E-state index contributed by atoms with van der Waals surface area (Å²) in [4.78, 5) is 7.34. The lowest BCUT2D eigenvalue weighted by atomic mass is 9.90. The van der Waals surface area contributed by atoms with Crippen molar-refractivity contribution in [3.63, 3.8) is 0 Å². The average Bonchev–Trinajstić information content (AvgIpc) is 3.88. The molecule has 0 radical (unpaired) electrons. The van der Waals surface area contributed by atoms with Crippen LogP contribution >= 0.6 is 11.3 Å². The second-order valence-electron chi connectivity index (χ2n) is 14.3. The maximum atomic E-state index is 6.34. The number of rotatable bonds is 7. The molecule has 0 saturated carbocycles. The highest BCUT2D eigenvalue weighted by Crippen LogP contribution is 2.48. The normalized spacial score (nSPS) is 11.5. The van der Waals surface area contributed by atoms with Gasteiger partial charge in [0.15, 0.2) is 5.58 Å². The van der Waals surface area contributed by atoms with Crippen molar-refractivity contribution in [2.45, 2.75) is 0 Å². The molecule has 0 aliphatic heterocycles. The zero-order chi connectivity index (χ0) is 37.7. The van der Waals surface area contributed by atoms with Gasteiger partial charge in [-0.1, -0.05) is 152 Å². The van der Waals surface area contributed by atoms with Crippen LogP contribution in [0.5, 0.6) is 0 Å². The third-order valence-electron chi connectivity index (χ3n) is 10.9. The van der Waals surface area contributed by atoms with Crippen LogP contribution in [0.3, 0.4) is 0 Å². The van der Waals surface area contributed by atoms with Gasteiger partial charge in [-0.05, 0) is 92.7 Å². The third-order valence-corrected chi connectivity index (χ3v) is 12.1. The molecule has 0 unspecified atom stereocenters. The van der Waals surface area contributed by atoms with E-state index in [0.717, 1.165) is 38.4 Å². The summed E-state index contributed by atoms with van der Waals surface area (Å²) in [5, 5.41) is 4.84. The van der Waals surface area contributed by atoms with Gasteiger partial charge in [-0.3, -0.25) is 0 Å². The molecule has 0 saturated heterocycles. The summed E-state index contributed by atoms with van der Waals surface area (Å²) in [6.07, 6.45) is 0. The highest BCUT2D eigenvalue weighted by molar-refractivity contribution is 7.26. The number of oxazole rings is 1. The third kappa shape index (κ3) is 5.86. The van der Waals surface area contributed by atoms with E-state index in [9.17, 15) is 0 Å². The monoisotopic (exact) mass is 746 g/mol. The largest absolute Gasteiger partial charge is 0.436 e. The lowest BCUT2D eigenvalue weighted by Crippen LogP contribution is -2.10. The molecule has 0 spiro atoms. The minimum atomic E-state index is 0.638. The first kappa shape index (κ1) is 33.1. The minimum absolute atomic E-state index is 0.638. The molecular weight excluding hydrogens is 713 g/mol. The van der Waals surface area contributed by atoms with Crippen LogP contribution in [0.25, 0.3) is 86.9 Å². The maximum Gasteiger partial charge on any atom is 0.227 e. The Labute approximate surface area is 334 Å². The van der Waals surface area contributed by atoms with Gasteiger partial charge in [0.05, 0.1) is 10.4 Å². The van der Waals surface area contributed by atoms with E-state index in [-0.39, 0.29) is 0 Å². The fourth-order valence-electron chi connectivity index (χ4n) is 8.17. The van der Waals surface area contributed by atoms with Crippen molar-refractivity contribution in [2.24, 2.45) is 0 Å². The number of nitrogens with zero attached hydrogens (tertiary/aromatic N) is 2. The molecule has 0 atom stereocenters. The molecule has 0 aliphatic carbocycles. The summed E-state index contributed by atoms with van der Waals surface area (Å²) in [6.45, 7) is 0.